The average molecular weight is 252 g/mol. The highest BCUT2D eigenvalue weighted by Crippen LogP contribution is 2.09. The number of aromatic amines is 1. The van der Waals surface area contributed by atoms with Crippen molar-refractivity contribution in [3.05, 3.63) is 34.2 Å². The zero-order valence-electron chi connectivity index (χ0n) is 11.1. The third-order valence-corrected chi connectivity index (χ3v) is 2.94. The van der Waals surface area contributed by atoms with Gasteiger partial charge in [0.2, 0.25) is 5.56 Å². The third-order valence-electron chi connectivity index (χ3n) is 2.94. The lowest BCUT2D eigenvalue weighted by atomic mass is 10.1. The predicted octanol–water partition coefficient (Wildman–Crippen LogP) is 1.26. The van der Waals surface area contributed by atoms with Crippen molar-refractivity contribution in [1.29, 1.82) is 0 Å². The molecule has 0 saturated carbocycles. The van der Waals surface area contributed by atoms with Gasteiger partial charge in [-0.3, -0.25) is 9.59 Å². The number of pyridine rings is 1. The van der Waals surface area contributed by atoms with Gasteiger partial charge in [-0.15, -0.1) is 0 Å². The molecule has 1 amide bonds. The highest BCUT2D eigenvalue weighted by atomic mass is 16.5. The fraction of sp³-hybridized carbons (Fsp3) is 0.538. The summed E-state index contributed by atoms with van der Waals surface area (Å²) in [6, 6.07) is 3.06. The molecule has 0 aliphatic heterocycles. The van der Waals surface area contributed by atoms with E-state index in [2.05, 4.69) is 4.98 Å². The number of hydrogen-bond acceptors (Lipinski definition) is 3. The van der Waals surface area contributed by atoms with E-state index < -0.39 is 0 Å². The molecule has 5 heteroatoms. The highest BCUT2D eigenvalue weighted by Gasteiger charge is 2.20. The average Bonchev–Trinajstić information content (AvgIpc) is 2.38. The second-order valence-corrected chi connectivity index (χ2v) is 4.19. The summed E-state index contributed by atoms with van der Waals surface area (Å²) in [4.78, 5) is 27.8. The van der Waals surface area contributed by atoms with Crippen LogP contribution in [0.5, 0.6) is 0 Å². The van der Waals surface area contributed by atoms with E-state index in [1.165, 1.54) is 12.3 Å². The van der Waals surface area contributed by atoms with Gasteiger partial charge in [0.25, 0.3) is 5.91 Å². The molecular weight excluding hydrogens is 232 g/mol. The second kappa shape index (κ2) is 6.96. The quantitative estimate of drug-likeness (QED) is 0.829. The lowest BCUT2D eigenvalue weighted by molar-refractivity contribution is 0.0613. The molecular formula is C13H20N2O3. The summed E-state index contributed by atoms with van der Waals surface area (Å²) >= 11 is 0. The van der Waals surface area contributed by atoms with Crippen LogP contribution in [0.15, 0.2) is 23.1 Å². The van der Waals surface area contributed by atoms with Crippen molar-refractivity contribution >= 4 is 5.91 Å². The summed E-state index contributed by atoms with van der Waals surface area (Å²) in [7, 11) is 1.60. The lowest BCUT2D eigenvalue weighted by Crippen LogP contribution is -2.40. The molecule has 18 heavy (non-hydrogen) atoms. The van der Waals surface area contributed by atoms with Gasteiger partial charge in [-0.05, 0) is 19.4 Å². The number of carbonyl (C=O) groups is 1. The van der Waals surface area contributed by atoms with Gasteiger partial charge in [-0.25, -0.2) is 0 Å². The maximum Gasteiger partial charge on any atom is 0.254 e. The van der Waals surface area contributed by atoms with Gasteiger partial charge in [0.1, 0.15) is 0 Å². The molecule has 100 valence electrons. The lowest BCUT2D eigenvalue weighted by Gasteiger charge is -2.28. The van der Waals surface area contributed by atoms with E-state index in [0.717, 1.165) is 6.42 Å². The van der Waals surface area contributed by atoms with Crippen LogP contribution >= 0.6 is 0 Å². The van der Waals surface area contributed by atoms with E-state index in [9.17, 15) is 9.59 Å². The Bertz CT molecular complexity index is 442. The Balaban J connectivity index is 2.91. The summed E-state index contributed by atoms with van der Waals surface area (Å²) in [6.07, 6.45) is 2.35. The molecule has 0 aliphatic carbocycles. The number of carbonyl (C=O) groups excluding carboxylic acids is 1. The van der Waals surface area contributed by atoms with Crippen LogP contribution in [0.1, 0.15) is 30.6 Å². The molecule has 1 rings (SSSR count). The van der Waals surface area contributed by atoms with Crippen molar-refractivity contribution in [2.45, 2.75) is 26.3 Å². The number of H-pyrrole nitrogens is 1. The largest absolute Gasteiger partial charge is 0.383 e. The second-order valence-electron chi connectivity index (χ2n) is 4.19. The normalized spacial score (nSPS) is 12.2. The minimum atomic E-state index is -0.267. The van der Waals surface area contributed by atoms with Gasteiger partial charge >= 0.3 is 0 Å². The van der Waals surface area contributed by atoms with Gasteiger partial charge in [-0.1, -0.05) is 6.92 Å². The molecule has 0 aliphatic rings. The maximum atomic E-state index is 12.3. The number of ether oxygens (including phenoxy) is 1. The Kier molecular flexibility index (Phi) is 5.58. The van der Waals surface area contributed by atoms with Crippen LogP contribution in [-0.4, -0.2) is 42.1 Å². The van der Waals surface area contributed by atoms with E-state index in [1.807, 2.05) is 13.8 Å². The number of methoxy groups -OCH3 is 1. The topological polar surface area (TPSA) is 62.4 Å². The number of amides is 1. The van der Waals surface area contributed by atoms with Crippen LogP contribution in [0.2, 0.25) is 0 Å². The van der Waals surface area contributed by atoms with Crippen LogP contribution in [0.4, 0.5) is 0 Å². The smallest absolute Gasteiger partial charge is 0.254 e. The standard InChI is InChI=1S/C13H20N2O3/c1-4-10(2)15(7-8-18-3)13(17)11-5-6-14-12(16)9-11/h5-6,9-10H,4,7-8H2,1-3H3,(H,14,16). The molecule has 1 atom stereocenters. The van der Waals surface area contributed by atoms with Gasteiger partial charge in [0.15, 0.2) is 0 Å². The first-order chi connectivity index (χ1) is 8.60. The number of nitrogens with zero attached hydrogens (tertiary/aromatic N) is 1. The number of hydrogen-bond donors (Lipinski definition) is 1. The predicted molar refractivity (Wildman–Crippen MR) is 69.7 cm³/mol. The SMILES string of the molecule is CCC(C)N(CCOC)C(=O)c1cc[nH]c(=O)c1. The van der Waals surface area contributed by atoms with Crippen LogP contribution in [-0.2, 0) is 4.74 Å². The van der Waals surface area contributed by atoms with Crippen LogP contribution in [0.25, 0.3) is 0 Å². The molecule has 0 fully saturated rings. The third kappa shape index (κ3) is 3.70. The molecule has 1 aromatic heterocycles. The number of rotatable bonds is 6. The summed E-state index contributed by atoms with van der Waals surface area (Å²) in [5.74, 6) is -0.132. The first kappa shape index (κ1) is 14.4. The number of nitrogens with one attached hydrogen (secondary N) is 1. The Morgan fingerprint density at radius 2 is 2.28 bits per heavy atom. The summed E-state index contributed by atoms with van der Waals surface area (Å²) in [5.41, 5.74) is 0.145. The van der Waals surface area contributed by atoms with E-state index >= 15 is 0 Å². The van der Waals surface area contributed by atoms with Crippen molar-refractivity contribution in [1.82, 2.24) is 9.88 Å². The molecule has 1 heterocycles. The Morgan fingerprint density at radius 3 is 2.83 bits per heavy atom. The summed E-state index contributed by atoms with van der Waals surface area (Å²) in [5, 5.41) is 0. The van der Waals surface area contributed by atoms with Crippen molar-refractivity contribution in [2.24, 2.45) is 0 Å². The molecule has 1 N–H and O–H groups in total. The minimum Gasteiger partial charge on any atom is -0.383 e. The zero-order valence-corrected chi connectivity index (χ0v) is 11.1. The van der Waals surface area contributed by atoms with E-state index in [0.29, 0.717) is 18.7 Å². The Morgan fingerprint density at radius 1 is 1.56 bits per heavy atom. The van der Waals surface area contributed by atoms with Crippen molar-refractivity contribution < 1.29 is 9.53 Å². The van der Waals surface area contributed by atoms with E-state index in [1.54, 1.807) is 18.1 Å². The molecule has 0 spiro atoms. The molecule has 0 radical (unpaired) electrons. The van der Waals surface area contributed by atoms with Crippen molar-refractivity contribution in [3.63, 3.8) is 0 Å². The molecule has 0 saturated heterocycles. The van der Waals surface area contributed by atoms with Gasteiger partial charge in [-0.2, -0.15) is 0 Å². The van der Waals surface area contributed by atoms with Gasteiger partial charge in [0.05, 0.1) is 6.61 Å². The Labute approximate surface area is 107 Å². The molecule has 0 aromatic carbocycles. The fourth-order valence-electron chi connectivity index (χ4n) is 1.68. The maximum absolute atomic E-state index is 12.3. The molecule has 0 bridgehead atoms. The summed E-state index contributed by atoms with van der Waals surface area (Å²) < 4.78 is 5.01. The van der Waals surface area contributed by atoms with Crippen molar-refractivity contribution in [3.8, 4) is 0 Å². The van der Waals surface area contributed by atoms with E-state index in [-0.39, 0.29) is 17.5 Å². The van der Waals surface area contributed by atoms with Gasteiger partial charge in [0, 0.05) is 37.5 Å². The summed E-state index contributed by atoms with van der Waals surface area (Å²) in [6.45, 7) is 5.02. The van der Waals surface area contributed by atoms with Crippen LogP contribution < -0.4 is 5.56 Å². The van der Waals surface area contributed by atoms with E-state index in [4.69, 9.17) is 4.74 Å². The molecule has 1 aromatic rings. The monoisotopic (exact) mass is 252 g/mol. The first-order valence-corrected chi connectivity index (χ1v) is 6.08. The Hall–Kier alpha value is -1.62. The first-order valence-electron chi connectivity index (χ1n) is 6.08. The molecule has 5 nitrogen and oxygen atoms in total. The fourth-order valence-corrected chi connectivity index (χ4v) is 1.68. The van der Waals surface area contributed by atoms with Crippen LogP contribution in [0, 0.1) is 0 Å². The van der Waals surface area contributed by atoms with Crippen molar-refractivity contribution in [2.75, 3.05) is 20.3 Å². The van der Waals surface area contributed by atoms with Gasteiger partial charge < -0.3 is 14.6 Å². The van der Waals surface area contributed by atoms with Crippen LogP contribution in [0.3, 0.4) is 0 Å². The number of aromatic nitrogens is 1. The zero-order chi connectivity index (χ0) is 13.5. The molecule has 1 unspecified atom stereocenters. The minimum absolute atomic E-state index is 0.118. The highest BCUT2D eigenvalue weighted by molar-refractivity contribution is 5.94.